The molecule has 0 unspecified atom stereocenters. The van der Waals surface area contributed by atoms with Gasteiger partial charge in [0.25, 0.3) is 5.91 Å². The van der Waals surface area contributed by atoms with Crippen molar-refractivity contribution in [2.45, 2.75) is 44.3 Å². The zero-order valence-electron chi connectivity index (χ0n) is 24.0. The van der Waals surface area contributed by atoms with Crippen LogP contribution in [0.5, 0.6) is 5.75 Å². The number of ether oxygens (including phenoxy) is 1. The van der Waals surface area contributed by atoms with Gasteiger partial charge in [0, 0.05) is 43.6 Å². The molecule has 8 nitrogen and oxygen atoms in total. The van der Waals surface area contributed by atoms with E-state index in [1.54, 1.807) is 25.3 Å². The van der Waals surface area contributed by atoms with E-state index in [-0.39, 0.29) is 17.6 Å². The maximum Gasteiger partial charge on any atom is 0.418 e. The molecule has 0 aromatic heterocycles. The second-order valence-electron chi connectivity index (χ2n) is 10.8. The number of rotatable bonds is 7. The Balaban J connectivity index is 1.34. The second kappa shape index (κ2) is 13.3. The monoisotopic (exact) mass is 595 g/mol. The number of hydrogen-bond acceptors (Lipinski definition) is 5. The number of para-hydroxylation sites is 3. The number of nitrogens with zero attached hydrogens (tertiary/aromatic N) is 2. The minimum absolute atomic E-state index is 0.0790. The number of benzene rings is 3. The summed E-state index contributed by atoms with van der Waals surface area (Å²) in [5.41, 5.74) is 1.16. The van der Waals surface area contributed by atoms with Crippen LogP contribution >= 0.6 is 0 Å². The molecule has 0 bridgehead atoms. The predicted molar refractivity (Wildman–Crippen MR) is 162 cm³/mol. The maximum atomic E-state index is 13.6. The SMILES string of the molecule is COc1ccccc1N1CCN(c2ccc(NC(=O)Nc3ccccc3C(F)(F)F)cc2C(=O)NC2CCCCC2)CC1. The summed E-state index contributed by atoms with van der Waals surface area (Å²) >= 11 is 0. The van der Waals surface area contributed by atoms with Gasteiger partial charge in [-0.2, -0.15) is 13.2 Å². The van der Waals surface area contributed by atoms with Crippen LogP contribution in [0.25, 0.3) is 0 Å². The summed E-state index contributed by atoms with van der Waals surface area (Å²) in [5.74, 6) is 0.565. The van der Waals surface area contributed by atoms with E-state index in [0.29, 0.717) is 37.4 Å². The Morgan fingerprint density at radius 2 is 1.47 bits per heavy atom. The van der Waals surface area contributed by atoms with Gasteiger partial charge in [0.2, 0.25) is 0 Å². The highest BCUT2D eigenvalue weighted by Gasteiger charge is 2.33. The highest BCUT2D eigenvalue weighted by atomic mass is 19.4. The molecule has 3 amide bonds. The van der Waals surface area contributed by atoms with Crippen LogP contribution in [0.2, 0.25) is 0 Å². The first-order valence-corrected chi connectivity index (χ1v) is 14.5. The fourth-order valence-corrected chi connectivity index (χ4v) is 5.78. The third kappa shape index (κ3) is 7.33. The van der Waals surface area contributed by atoms with Crippen molar-refractivity contribution in [1.29, 1.82) is 0 Å². The van der Waals surface area contributed by atoms with Crippen LogP contribution in [-0.4, -0.2) is 51.3 Å². The normalized spacial score (nSPS) is 16.0. The summed E-state index contributed by atoms with van der Waals surface area (Å²) < 4.78 is 45.8. The molecule has 3 N–H and O–H groups in total. The maximum absolute atomic E-state index is 13.6. The van der Waals surface area contributed by atoms with Gasteiger partial charge in [-0.15, -0.1) is 0 Å². The van der Waals surface area contributed by atoms with Crippen LogP contribution in [0.4, 0.5) is 40.7 Å². The fraction of sp³-hybridized carbons (Fsp3) is 0.375. The molecule has 0 spiro atoms. The van der Waals surface area contributed by atoms with Gasteiger partial charge in [0.1, 0.15) is 5.75 Å². The number of piperazine rings is 1. The zero-order valence-corrected chi connectivity index (χ0v) is 24.0. The van der Waals surface area contributed by atoms with E-state index in [4.69, 9.17) is 4.74 Å². The van der Waals surface area contributed by atoms with Crippen LogP contribution in [-0.2, 0) is 6.18 Å². The average Bonchev–Trinajstić information content (AvgIpc) is 3.01. The molecule has 1 heterocycles. The number of anilines is 4. The average molecular weight is 596 g/mol. The topological polar surface area (TPSA) is 85.9 Å². The van der Waals surface area contributed by atoms with Crippen molar-refractivity contribution < 1.29 is 27.5 Å². The number of halogens is 3. The number of hydrogen-bond donors (Lipinski definition) is 3. The van der Waals surface area contributed by atoms with E-state index in [9.17, 15) is 22.8 Å². The molecule has 1 saturated heterocycles. The molecule has 2 fully saturated rings. The first kappa shape index (κ1) is 30.1. The Morgan fingerprint density at radius 1 is 0.814 bits per heavy atom. The molecule has 11 heteroatoms. The number of alkyl halides is 3. The highest BCUT2D eigenvalue weighted by molar-refractivity contribution is 6.04. The van der Waals surface area contributed by atoms with Crippen molar-refractivity contribution in [3.8, 4) is 5.75 Å². The van der Waals surface area contributed by atoms with Gasteiger partial charge in [0.05, 0.1) is 29.6 Å². The van der Waals surface area contributed by atoms with Crippen LogP contribution < -0.4 is 30.5 Å². The Bertz CT molecular complexity index is 1430. The molecule has 1 aliphatic carbocycles. The number of methoxy groups -OCH3 is 1. The van der Waals surface area contributed by atoms with Gasteiger partial charge in [-0.25, -0.2) is 4.79 Å². The summed E-state index contributed by atoms with van der Waals surface area (Å²) in [6.45, 7) is 2.74. The van der Waals surface area contributed by atoms with Crippen molar-refractivity contribution in [3.05, 3.63) is 77.9 Å². The van der Waals surface area contributed by atoms with E-state index in [1.165, 1.54) is 18.2 Å². The smallest absolute Gasteiger partial charge is 0.418 e. The minimum atomic E-state index is -4.62. The Hall–Kier alpha value is -4.41. The molecule has 0 atom stereocenters. The molecule has 0 radical (unpaired) electrons. The number of carbonyl (C=O) groups excluding carboxylic acids is 2. The summed E-state index contributed by atoms with van der Waals surface area (Å²) in [4.78, 5) is 30.8. The Kier molecular flexibility index (Phi) is 9.27. The summed E-state index contributed by atoms with van der Waals surface area (Å²) in [7, 11) is 1.65. The molecule has 3 aromatic rings. The van der Waals surface area contributed by atoms with Gasteiger partial charge < -0.3 is 30.5 Å². The molecule has 1 aliphatic heterocycles. The number of carbonyl (C=O) groups is 2. The van der Waals surface area contributed by atoms with Crippen molar-refractivity contribution in [2.24, 2.45) is 0 Å². The fourth-order valence-electron chi connectivity index (χ4n) is 5.78. The lowest BCUT2D eigenvalue weighted by atomic mass is 9.95. The summed E-state index contributed by atoms with van der Waals surface area (Å²) in [6.07, 6.45) is 0.481. The highest BCUT2D eigenvalue weighted by Crippen LogP contribution is 2.35. The molecular formula is C32H36F3N5O3. The molecule has 2 aliphatic rings. The standard InChI is InChI=1S/C32H36F3N5O3/c1-43-29-14-8-7-13-28(29)40-19-17-39(18-20-40)27-16-15-23(21-24(27)30(41)36-22-9-3-2-4-10-22)37-31(42)38-26-12-6-5-11-25(26)32(33,34)35/h5-8,11-16,21-22H,2-4,9-10,17-20H2,1H3,(H,36,41)(H2,37,38,42). The van der Waals surface area contributed by atoms with Crippen LogP contribution in [0, 0.1) is 0 Å². The lowest BCUT2D eigenvalue weighted by molar-refractivity contribution is -0.136. The van der Waals surface area contributed by atoms with E-state index in [2.05, 4.69) is 25.8 Å². The molecule has 3 aromatic carbocycles. The van der Waals surface area contributed by atoms with Crippen LogP contribution in [0.15, 0.2) is 66.7 Å². The zero-order chi connectivity index (χ0) is 30.4. The van der Waals surface area contributed by atoms with Gasteiger partial charge in [-0.3, -0.25) is 4.79 Å². The quantitative estimate of drug-likeness (QED) is 0.282. The lowest BCUT2D eigenvalue weighted by Gasteiger charge is -2.38. The van der Waals surface area contributed by atoms with Crippen molar-refractivity contribution in [2.75, 3.05) is 53.7 Å². The van der Waals surface area contributed by atoms with Crippen LogP contribution in [0.3, 0.4) is 0 Å². The van der Waals surface area contributed by atoms with Gasteiger partial charge in [-0.1, -0.05) is 43.5 Å². The van der Waals surface area contributed by atoms with E-state index in [1.807, 2.05) is 24.3 Å². The number of amides is 3. The largest absolute Gasteiger partial charge is 0.495 e. The summed E-state index contributed by atoms with van der Waals surface area (Å²) in [6, 6.07) is 16.9. The number of nitrogens with one attached hydrogen (secondary N) is 3. The van der Waals surface area contributed by atoms with E-state index in [0.717, 1.165) is 55.3 Å². The minimum Gasteiger partial charge on any atom is -0.495 e. The molecule has 43 heavy (non-hydrogen) atoms. The van der Waals surface area contributed by atoms with E-state index >= 15 is 0 Å². The molecule has 5 rings (SSSR count). The predicted octanol–water partition coefficient (Wildman–Crippen LogP) is 6.75. The number of urea groups is 1. The van der Waals surface area contributed by atoms with Crippen molar-refractivity contribution in [3.63, 3.8) is 0 Å². The Morgan fingerprint density at radius 3 is 2.16 bits per heavy atom. The third-order valence-electron chi connectivity index (χ3n) is 7.97. The van der Waals surface area contributed by atoms with Gasteiger partial charge >= 0.3 is 12.2 Å². The lowest BCUT2D eigenvalue weighted by Crippen LogP contribution is -2.47. The molecule has 228 valence electrons. The van der Waals surface area contributed by atoms with Crippen molar-refractivity contribution >= 4 is 34.7 Å². The molecule has 1 saturated carbocycles. The Labute approximate surface area is 249 Å². The first-order valence-electron chi connectivity index (χ1n) is 14.5. The first-order chi connectivity index (χ1) is 20.7. The van der Waals surface area contributed by atoms with Crippen LogP contribution in [0.1, 0.15) is 48.0 Å². The van der Waals surface area contributed by atoms with Crippen molar-refractivity contribution in [1.82, 2.24) is 5.32 Å². The summed E-state index contributed by atoms with van der Waals surface area (Å²) in [5, 5.41) is 8.06. The van der Waals surface area contributed by atoms with E-state index < -0.39 is 17.8 Å². The van der Waals surface area contributed by atoms with Gasteiger partial charge in [0.15, 0.2) is 0 Å². The molecular weight excluding hydrogens is 559 g/mol. The van der Waals surface area contributed by atoms with Gasteiger partial charge in [-0.05, 0) is 55.3 Å². The third-order valence-corrected chi connectivity index (χ3v) is 7.97. The second-order valence-corrected chi connectivity index (χ2v) is 10.8.